The summed E-state index contributed by atoms with van der Waals surface area (Å²) in [5.74, 6) is 1.91. The van der Waals surface area contributed by atoms with Gasteiger partial charge in [-0.2, -0.15) is 15.1 Å². The summed E-state index contributed by atoms with van der Waals surface area (Å²) in [6, 6.07) is 6.39. The molecule has 156 valence electrons. The zero-order chi connectivity index (χ0) is 20.7. The highest BCUT2D eigenvalue weighted by Crippen LogP contribution is 2.39. The van der Waals surface area contributed by atoms with Crippen LogP contribution < -0.4 is 15.4 Å². The lowest BCUT2D eigenvalue weighted by atomic mass is 9.82. The molecule has 5 heterocycles. The van der Waals surface area contributed by atoms with Crippen LogP contribution in [0.3, 0.4) is 0 Å². The van der Waals surface area contributed by atoms with Crippen LogP contribution in [0, 0.1) is 5.41 Å². The number of rotatable bonds is 4. The molecule has 0 amide bonds. The largest absolute Gasteiger partial charge is 0.480 e. The van der Waals surface area contributed by atoms with Crippen LogP contribution in [0.25, 0.3) is 11.1 Å². The highest BCUT2D eigenvalue weighted by Gasteiger charge is 2.34. The molecule has 2 aliphatic heterocycles. The van der Waals surface area contributed by atoms with E-state index in [1.54, 1.807) is 13.3 Å². The van der Waals surface area contributed by atoms with Crippen LogP contribution in [-0.4, -0.2) is 52.5 Å². The van der Waals surface area contributed by atoms with Gasteiger partial charge in [0.25, 0.3) is 0 Å². The fourth-order valence-electron chi connectivity index (χ4n) is 4.18. The summed E-state index contributed by atoms with van der Waals surface area (Å²) in [5, 5.41) is 11.2. The van der Waals surface area contributed by atoms with Gasteiger partial charge < -0.3 is 20.1 Å². The van der Waals surface area contributed by atoms with Crippen molar-refractivity contribution < 1.29 is 9.47 Å². The van der Waals surface area contributed by atoms with Gasteiger partial charge in [-0.25, -0.2) is 4.52 Å². The normalized spacial score (nSPS) is 20.2. The molecule has 3 aromatic rings. The smallest absolute Gasteiger partial charge is 0.228 e. The molecule has 30 heavy (non-hydrogen) atoms. The SMILES string of the molecule is COc1nc(NC2CCOCC2(C)C)nc2c1C(c1ccn3nccc3c1)=CCN2. The van der Waals surface area contributed by atoms with Crippen LogP contribution >= 0.6 is 0 Å². The number of nitrogens with zero attached hydrogens (tertiary/aromatic N) is 4. The second-order valence-electron chi connectivity index (χ2n) is 8.42. The van der Waals surface area contributed by atoms with Crippen molar-refractivity contribution in [3.05, 3.63) is 47.8 Å². The van der Waals surface area contributed by atoms with Crippen molar-refractivity contribution in [2.75, 3.05) is 37.5 Å². The Labute approximate surface area is 175 Å². The van der Waals surface area contributed by atoms with Gasteiger partial charge in [-0.1, -0.05) is 19.9 Å². The minimum Gasteiger partial charge on any atom is -0.480 e. The quantitative estimate of drug-likeness (QED) is 0.688. The number of hydrogen-bond acceptors (Lipinski definition) is 7. The molecule has 0 aliphatic carbocycles. The average molecular weight is 406 g/mol. The van der Waals surface area contributed by atoms with E-state index in [1.807, 2.05) is 16.8 Å². The van der Waals surface area contributed by atoms with Gasteiger partial charge in [0.1, 0.15) is 5.82 Å². The Morgan fingerprint density at radius 2 is 2.20 bits per heavy atom. The molecule has 0 radical (unpaired) electrons. The molecule has 8 nitrogen and oxygen atoms in total. The van der Waals surface area contributed by atoms with Crippen molar-refractivity contribution in [3.8, 4) is 5.88 Å². The van der Waals surface area contributed by atoms with Gasteiger partial charge in [-0.15, -0.1) is 0 Å². The molecule has 0 saturated carbocycles. The summed E-state index contributed by atoms with van der Waals surface area (Å²) < 4.78 is 13.2. The first kappa shape index (κ1) is 18.9. The van der Waals surface area contributed by atoms with Gasteiger partial charge in [0.15, 0.2) is 0 Å². The average Bonchev–Trinajstić information content (AvgIpc) is 3.22. The molecule has 2 aliphatic rings. The fourth-order valence-corrected chi connectivity index (χ4v) is 4.18. The highest BCUT2D eigenvalue weighted by molar-refractivity contribution is 5.90. The lowest BCUT2D eigenvalue weighted by Crippen LogP contribution is -2.44. The molecule has 1 fully saturated rings. The first-order chi connectivity index (χ1) is 14.5. The van der Waals surface area contributed by atoms with Crippen LogP contribution in [0.1, 0.15) is 31.4 Å². The summed E-state index contributed by atoms with van der Waals surface area (Å²) in [6.07, 6.45) is 6.82. The zero-order valence-corrected chi connectivity index (χ0v) is 17.5. The van der Waals surface area contributed by atoms with E-state index in [0.717, 1.165) is 47.7 Å². The summed E-state index contributed by atoms with van der Waals surface area (Å²) in [5.41, 5.74) is 4.06. The maximum Gasteiger partial charge on any atom is 0.228 e. The topological polar surface area (TPSA) is 85.6 Å². The number of methoxy groups -OCH3 is 1. The Hall–Kier alpha value is -3.13. The summed E-state index contributed by atoms with van der Waals surface area (Å²) in [7, 11) is 1.65. The molecule has 0 spiro atoms. The van der Waals surface area contributed by atoms with Crippen LogP contribution in [0.5, 0.6) is 5.88 Å². The van der Waals surface area contributed by atoms with Crippen molar-refractivity contribution >= 4 is 22.9 Å². The van der Waals surface area contributed by atoms with E-state index in [-0.39, 0.29) is 11.5 Å². The Bertz CT molecular complexity index is 1120. The molecule has 3 aromatic heterocycles. The third kappa shape index (κ3) is 3.27. The van der Waals surface area contributed by atoms with Gasteiger partial charge >= 0.3 is 0 Å². The number of ether oxygens (including phenoxy) is 2. The molecule has 5 rings (SSSR count). The van der Waals surface area contributed by atoms with Crippen LogP contribution in [0.2, 0.25) is 0 Å². The Kier molecular flexibility index (Phi) is 4.58. The van der Waals surface area contributed by atoms with E-state index < -0.39 is 0 Å². The Morgan fingerprint density at radius 1 is 1.30 bits per heavy atom. The standard InChI is InChI=1S/C22H26N6O2/c1-22(2)13-30-11-7-17(22)25-21-26-19-18(20(27-21)29-3)16(5-8-23-19)14-6-10-28-15(12-14)4-9-24-28/h4-6,9-10,12,17H,7-8,11,13H2,1-3H3,(H2,23,25,26,27). The van der Waals surface area contributed by atoms with Crippen LogP contribution in [0.15, 0.2) is 36.7 Å². The summed E-state index contributed by atoms with van der Waals surface area (Å²) >= 11 is 0. The van der Waals surface area contributed by atoms with E-state index in [1.165, 1.54) is 0 Å². The number of hydrogen-bond donors (Lipinski definition) is 2. The molecule has 2 N–H and O–H groups in total. The lowest BCUT2D eigenvalue weighted by Gasteiger charge is -2.38. The van der Waals surface area contributed by atoms with E-state index in [0.29, 0.717) is 18.4 Å². The maximum atomic E-state index is 5.70. The summed E-state index contributed by atoms with van der Waals surface area (Å²) in [4.78, 5) is 9.51. The number of aromatic nitrogens is 4. The molecular formula is C22H26N6O2. The maximum absolute atomic E-state index is 5.70. The Morgan fingerprint density at radius 3 is 3.03 bits per heavy atom. The van der Waals surface area contributed by atoms with Gasteiger partial charge in [0.2, 0.25) is 11.8 Å². The highest BCUT2D eigenvalue weighted by atomic mass is 16.5. The molecule has 1 atom stereocenters. The van der Waals surface area contributed by atoms with Crippen LogP contribution in [0.4, 0.5) is 11.8 Å². The van der Waals surface area contributed by atoms with E-state index in [2.05, 4.69) is 47.8 Å². The van der Waals surface area contributed by atoms with Crippen molar-refractivity contribution in [3.63, 3.8) is 0 Å². The second kappa shape index (κ2) is 7.28. The van der Waals surface area contributed by atoms with Crippen molar-refractivity contribution in [2.24, 2.45) is 5.41 Å². The summed E-state index contributed by atoms with van der Waals surface area (Å²) in [6.45, 7) is 6.55. The van der Waals surface area contributed by atoms with Gasteiger partial charge in [0.05, 0.1) is 24.8 Å². The first-order valence-corrected chi connectivity index (χ1v) is 10.2. The minimum absolute atomic E-state index is 0.00386. The molecule has 1 saturated heterocycles. The third-order valence-electron chi connectivity index (χ3n) is 5.90. The second-order valence-corrected chi connectivity index (χ2v) is 8.42. The number of anilines is 2. The molecular weight excluding hydrogens is 380 g/mol. The van der Waals surface area contributed by atoms with Crippen molar-refractivity contribution in [2.45, 2.75) is 26.3 Å². The van der Waals surface area contributed by atoms with E-state index >= 15 is 0 Å². The molecule has 8 heteroatoms. The van der Waals surface area contributed by atoms with Crippen molar-refractivity contribution in [1.29, 1.82) is 0 Å². The predicted molar refractivity (Wildman–Crippen MR) is 116 cm³/mol. The van der Waals surface area contributed by atoms with E-state index in [9.17, 15) is 0 Å². The Balaban J connectivity index is 1.52. The zero-order valence-electron chi connectivity index (χ0n) is 17.5. The van der Waals surface area contributed by atoms with Gasteiger partial charge in [0, 0.05) is 37.0 Å². The fraction of sp³-hybridized carbons (Fsp3) is 0.409. The van der Waals surface area contributed by atoms with E-state index in [4.69, 9.17) is 19.4 Å². The third-order valence-corrected chi connectivity index (χ3v) is 5.90. The lowest BCUT2D eigenvalue weighted by molar-refractivity contribution is 0.00327. The number of nitrogens with one attached hydrogen (secondary N) is 2. The molecule has 0 aromatic carbocycles. The van der Waals surface area contributed by atoms with Crippen molar-refractivity contribution in [1.82, 2.24) is 19.6 Å². The number of fused-ring (bicyclic) bond motifs is 2. The van der Waals surface area contributed by atoms with Gasteiger partial charge in [-0.3, -0.25) is 0 Å². The molecule has 0 bridgehead atoms. The monoisotopic (exact) mass is 406 g/mol. The van der Waals surface area contributed by atoms with Gasteiger partial charge in [-0.05, 0) is 35.8 Å². The molecule has 1 unspecified atom stereocenters. The predicted octanol–water partition coefficient (Wildman–Crippen LogP) is 3.22. The first-order valence-electron chi connectivity index (χ1n) is 10.2. The number of pyridine rings is 1. The minimum atomic E-state index is 0.00386. The van der Waals surface area contributed by atoms with Crippen LogP contribution in [-0.2, 0) is 4.74 Å².